The molecule has 1 unspecified atom stereocenters. The molecule has 2 heterocycles. The molecule has 1 atom stereocenters. The molecule has 0 radical (unpaired) electrons. The van der Waals surface area contributed by atoms with E-state index in [0.717, 1.165) is 0 Å². The number of hydrogen-bond acceptors (Lipinski definition) is 4. The third-order valence-electron chi connectivity index (χ3n) is 4.53. The first-order chi connectivity index (χ1) is 12.8. The SMILES string of the molecule is CCC(Oc1ccc(C(C)(C)C)cc1)C(=O)N1CC(=O)Nc2cccnc21. The Hall–Kier alpha value is -2.89. The van der Waals surface area contributed by atoms with Crippen molar-refractivity contribution in [1.82, 2.24) is 4.98 Å². The van der Waals surface area contributed by atoms with E-state index < -0.39 is 6.10 Å². The Morgan fingerprint density at radius 1 is 1.26 bits per heavy atom. The van der Waals surface area contributed by atoms with Crippen LogP contribution in [0.3, 0.4) is 0 Å². The summed E-state index contributed by atoms with van der Waals surface area (Å²) in [6.45, 7) is 8.26. The molecule has 6 nitrogen and oxygen atoms in total. The number of ether oxygens (including phenoxy) is 1. The van der Waals surface area contributed by atoms with E-state index in [1.54, 1.807) is 18.3 Å². The van der Waals surface area contributed by atoms with Gasteiger partial charge in [0.25, 0.3) is 5.91 Å². The molecule has 0 saturated carbocycles. The van der Waals surface area contributed by atoms with E-state index in [1.165, 1.54) is 10.5 Å². The van der Waals surface area contributed by atoms with Gasteiger partial charge in [0.15, 0.2) is 11.9 Å². The number of fused-ring (bicyclic) bond motifs is 1. The maximum atomic E-state index is 13.0. The summed E-state index contributed by atoms with van der Waals surface area (Å²) in [4.78, 5) is 30.7. The molecule has 142 valence electrons. The number of amides is 2. The molecule has 2 amide bonds. The summed E-state index contributed by atoms with van der Waals surface area (Å²) in [5.41, 5.74) is 1.78. The van der Waals surface area contributed by atoms with Crippen molar-refractivity contribution >= 4 is 23.3 Å². The van der Waals surface area contributed by atoms with Crippen LogP contribution in [0.2, 0.25) is 0 Å². The van der Waals surface area contributed by atoms with Gasteiger partial charge in [0.1, 0.15) is 12.3 Å². The number of pyridine rings is 1. The van der Waals surface area contributed by atoms with Gasteiger partial charge >= 0.3 is 0 Å². The quantitative estimate of drug-likeness (QED) is 0.897. The molecule has 0 saturated heterocycles. The highest BCUT2D eigenvalue weighted by atomic mass is 16.5. The Morgan fingerprint density at radius 3 is 2.59 bits per heavy atom. The van der Waals surface area contributed by atoms with E-state index in [0.29, 0.717) is 23.7 Å². The lowest BCUT2D eigenvalue weighted by Gasteiger charge is -2.30. The lowest BCUT2D eigenvalue weighted by atomic mass is 9.87. The Labute approximate surface area is 159 Å². The molecular weight excluding hydrogens is 342 g/mol. The number of benzene rings is 1. The molecule has 1 aliphatic rings. The fraction of sp³-hybridized carbons (Fsp3) is 0.381. The molecule has 0 spiro atoms. The van der Waals surface area contributed by atoms with E-state index in [2.05, 4.69) is 31.1 Å². The molecule has 0 bridgehead atoms. The van der Waals surface area contributed by atoms with Gasteiger partial charge in [-0.2, -0.15) is 0 Å². The molecule has 1 N–H and O–H groups in total. The molecule has 27 heavy (non-hydrogen) atoms. The summed E-state index contributed by atoms with van der Waals surface area (Å²) >= 11 is 0. The predicted molar refractivity (Wildman–Crippen MR) is 105 cm³/mol. The number of aromatic nitrogens is 1. The van der Waals surface area contributed by atoms with Gasteiger partial charge in [0.05, 0.1) is 5.69 Å². The summed E-state index contributed by atoms with van der Waals surface area (Å²) in [7, 11) is 0. The highest BCUT2D eigenvalue weighted by molar-refractivity contribution is 6.10. The van der Waals surface area contributed by atoms with Crippen molar-refractivity contribution in [2.24, 2.45) is 0 Å². The normalized spacial score (nSPS) is 15.0. The molecule has 0 fully saturated rings. The summed E-state index contributed by atoms with van der Waals surface area (Å²) in [6.07, 6.45) is 1.40. The fourth-order valence-corrected chi connectivity index (χ4v) is 2.98. The largest absolute Gasteiger partial charge is 0.481 e. The molecule has 1 aromatic heterocycles. The van der Waals surface area contributed by atoms with Crippen molar-refractivity contribution in [1.29, 1.82) is 0 Å². The first-order valence-electron chi connectivity index (χ1n) is 9.13. The van der Waals surface area contributed by atoms with E-state index in [4.69, 9.17) is 4.74 Å². The Morgan fingerprint density at radius 2 is 1.96 bits per heavy atom. The van der Waals surface area contributed by atoms with Crippen LogP contribution in [0.4, 0.5) is 11.5 Å². The van der Waals surface area contributed by atoms with Gasteiger partial charge in [-0.05, 0) is 41.7 Å². The second-order valence-corrected chi connectivity index (χ2v) is 7.64. The summed E-state index contributed by atoms with van der Waals surface area (Å²) in [5, 5.41) is 2.74. The van der Waals surface area contributed by atoms with Crippen LogP contribution >= 0.6 is 0 Å². The van der Waals surface area contributed by atoms with Crippen LogP contribution in [-0.4, -0.2) is 29.4 Å². The zero-order valence-electron chi connectivity index (χ0n) is 16.2. The van der Waals surface area contributed by atoms with Gasteiger partial charge < -0.3 is 10.1 Å². The maximum Gasteiger partial charge on any atom is 0.269 e. The van der Waals surface area contributed by atoms with Crippen LogP contribution < -0.4 is 15.0 Å². The number of nitrogens with zero attached hydrogens (tertiary/aromatic N) is 2. The lowest BCUT2D eigenvalue weighted by Crippen LogP contribution is -2.48. The van der Waals surface area contributed by atoms with Gasteiger partial charge in [0.2, 0.25) is 5.91 Å². The van der Waals surface area contributed by atoms with Crippen molar-refractivity contribution in [2.45, 2.75) is 45.6 Å². The third kappa shape index (κ3) is 4.10. The number of nitrogens with one attached hydrogen (secondary N) is 1. The van der Waals surface area contributed by atoms with Crippen LogP contribution in [0, 0.1) is 0 Å². The second-order valence-electron chi connectivity index (χ2n) is 7.64. The fourth-order valence-electron chi connectivity index (χ4n) is 2.98. The Bertz CT molecular complexity index is 840. The average molecular weight is 367 g/mol. The molecule has 1 aromatic carbocycles. The monoisotopic (exact) mass is 367 g/mol. The number of carbonyl (C=O) groups is 2. The molecule has 6 heteroatoms. The molecular formula is C21H25N3O3. The average Bonchev–Trinajstić information content (AvgIpc) is 2.64. The van der Waals surface area contributed by atoms with Gasteiger partial charge in [0, 0.05) is 6.20 Å². The van der Waals surface area contributed by atoms with E-state index >= 15 is 0 Å². The summed E-state index contributed by atoms with van der Waals surface area (Å²) in [6, 6.07) is 11.2. The second kappa shape index (κ2) is 7.39. The van der Waals surface area contributed by atoms with Gasteiger partial charge in [-0.15, -0.1) is 0 Å². The number of hydrogen-bond donors (Lipinski definition) is 1. The zero-order valence-corrected chi connectivity index (χ0v) is 16.2. The molecule has 0 aliphatic carbocycles. The molecule has 1 aliphatic heterocycles. The minimum atomic E-state index is -0.689. The minimum Gasteiger partial charge on any atom is -0.481 e. The predicted octanol–water partition coefficient (Wildman–Crippen LogP) is 3.52. The summed E-state index contributed by atoms with van der Waals surface area (Å²) < 4.78 is 5.95. The van der Waals surface area contributed by atoms with Gasteiger partial charge in [-0.1, -0.05) is 39.8 Å². The third-order valence-corrected chi connectivity index (χ3v) is 4.53. The maximum absolute atomic E-state index is 13.0. The van der Waals surface area contributed by atoms with E-state index in [-0.39, 0.29) is 23.8 Å². The topological polar surface area (TPSA) is 71.5 Å². The molecule has 3 rings (SSSR count). The standard InChI is InChI=1S/C21H25N3O3/c1-5-17(27-15-10-8-14(9-11-15)21(2,3)4)20(26)24-13-18(25)23-16-7-6-12-22-19(16)24/h6-12,17H,5,13H2,1-4H3,(H,23,25). The van der Waals surface area contributed by atoms with Crippen LogP contribution in [-0.2, 0) is 15.0 Å². The highest BCUT2D eigenvalue weighted by Crippen LogP contribution is 2.28. The van der Waals surface area contributed by atoms with Crippen molar-refractivity contribution in [3.8, 4) is 5.75 Å². The van der Waals surface area contributed by atoms with Crippen molar-refractivity contribution in [3.63, 3.8) is 0 Å². The van der Waals surface area contributed by atoms with Crippen molar-refractivity contribution in [3.05, 3.63) is 48.2 Å². The van der Waals surface area contributed by atoms with Gasteiger partial charge in [-0.3, -0.25) is 14.5 Å². The van der Waals surface area contributed by atoms with Crippen LogP contribution in [0.25, 0.3) is 0 Å². The van der Waals surface area contributed by atoms with Crippen LogP contribution in [0.5, 0.6) is 5.75 Å². The highest BCUT2D eigenvalue weighted by Gasteiger charge is 2.33. The van der Waals surface area contributed by atoms with Crippen molar-refractivity contribution < 1.29 is 14.3 Å². The first-order valence-corrected chi connectivity index (χ1v) is 9.13. The lowest BCUT2D eigenvalue weighted by molar-refractivity contribution is -0.127. The summed E-state index contributed by atoms with van der Waals surface area (Å²) in [5.74, 6) is 0.568. The number of anilines is 2. The first kappa shape index (κ1) is 18.9. The zero-order chi connectivity index (χ0) is 19.6. The number of carbonyl (C=O) groups excluding carboxylic acids is 2. The molecule has 2 aromatic rings. The van der Waals surface area contributed by atoms with E-state index in [9.17, 15) is 9.59 Å². The van der Waals surface area contributed by atoms with Crippen LogP contribution in [0.1, 0.15) is 39.7 Å². The number of rotatable bonds is 4. The Kier molecular flexibility index (Phi) is 5.17. The van der Waals surface area contributed by atoms with Crippen LogP contribution in [0.15, 0.2) is 42.6 Å². The Balaban J connectivity index is 1.80. The van der Waals surface area contributed by atoms with Gasteiger partial charge in [-0.25, -0.2) is 4.98 Å². The minimum absolute atomic E-state index is 0.0506. The smallest absolute Gasteiger partial charge is 0.269 e. The van der Waals surface area contributed by atoms with E-state index in [1.807, 2.05) is 31.2 Å². The van der Waals surface area contributed by atoms with Crippen molar-refractivity contribution in [2.75, 3.05) is 16.8 Å².